The van der Waals surface area contributed by atoms with Gasteiger partial charge in [-0.05, 0) is 103 Å². The molecule has 3 aliphatic carbocycles. The summed E-state index contributed by atoms with van der Waals surface area (Å²) in [7, 11) is 0. The summed E-state index contributed by atoms with van der Waals surface area (Å²) in [6.07, 6.45) is 21.8. The van der Waals surface area contributed by atoms with Gasteiger partial charge >= 0.3 is 0 Å². The molecule has 0 saturated carbocycles. The molecule has 244 valence electrons. The summed E-state index contributed by atoms with van der Waals surface area (Å²) in [6.45, 7) is 0. The Morgan fingerprint density at radius 1 is 0.588 bits per heavy atom. The molecule has 0 amide bonds. The third-order valence-corrected chi connectivity index (χ3v) is 11.6. The fraction of sp³-hybridized carbons (Fsp3) is 0.125. The monoisotopic (exact) mass is 655 g/mol. The molecule has 51 heavy (non-hydrogen) atoms. The Labute approximate surface area is 297 Å². The highest BCUT2D eigenvalue weighted by atomic mass is 15.2. The minimum absolute atomic E-state index is 0.167. The molecule has 0 radical (unpaired) electrons. The van der Waals surface area contributed by atoms with Gasteiger partial charge in [-0.1, -0.05) is 103 Å². The molecule has 0 bridgehead atoms. The summed E-state index contributed by atoms with van der Waals surface area (Å²) in [4.78, 5) is 2.68. The van der Waals surface area contributed by atoms with Crippen molar-refractivity contribution in [2.45, 2.75) is 38.1 Å². The van der Waals surface area contributed by atoms with Gasteiger partial charge in [0.2, 0.25) is 0 Å². The summed E-state index contributed by atoms with van der Waals surface area (Å²) in [5.41, 5.74) is 14.7. The summed E-state index contributed by atoms with van der Waals surface area (Å²) < 4.78 is 4.93. The number of aromatic nitrogens is 2. The van der Waals surface area contributed by atoms with Gasteiger partial charge in [0.15, 0.2) is 0 Å². The van der Waals surface area contributed by atoms with Crippen LogP contribution in [-0.4, -0.2) is 15.0 Å². The van der Waals surface area contributed by atoms with Crippen molar-refractivity contribution in [3.8, 4) is 5.69 Å². The van der Waals surface area contributed by atoms with Crippen molar-refractivity contribution in [3.05, 3.63) is 180 Å². The minimum Gasteiger partial charge on any atom is -0.338 e. The van der Waals surface area contributed by atoms with E-state index in [1.807, 2.05) is 0 Å². The number of hydrogen-bond donors (Lipinski definition) is 0. The lowest BCUT2D eigenvalue weighted by molar-refractivity contribution is 0.703. The van der Waals surface area contributed by atoms with E-state index in [2.05, 4.69) is 172 Å². The van der Waals surface area contributed by atoms with Crippen molar-refractivity contribution in [1.82, 2.24) is 8.97 Å². The van der Waals surface area contributed by atoms with E-state index in [0.717, 1.165) is 32.1 Å². The maximum Gasteiger partial charge on any atom is 0.0622 e. The number of rotatable bonds is 5. The van der Waals surface area contributed by atoms with Crippen LogP contribution in [0.3, 0.4) is 0 Å². The van der Waals surface area contributed by atoms with Gasteiger partial charge in [0.25, 0.3) is 0 Å². The van der Waals surface area contributed by atoms with Crippen molar-refractivity contribution >= 4 is 60.8 Å². The molecule has 1 atom stereocenters. The molecule has 5 aromatic carbocycles. The zero-order chi connectivity index (χ0) is 33.5. The van der Waals surface area contributed by atoms with Crippen molar-refractivity contribution in [2.24, 2.45) is 0 Å². The highest BCUT2D eigenvalue weighted by molar-refractivity contribution is 6.24. The number of allylic oxidation sites excluding steroid dienone is 8. The quantitative estimate of drug-likeness (QED) is 0.180. The van der Waals surface area contributed by atoms with Crippen molar-refractivity contribution in [1.29, 1.82) is 0 Å². The molecule has 0 spiro atoms. The number of para-hydroxylation sites is 4. The predicted molar refractivity (Wildman–Crippen MR) is 215 cm³/mol. The smallest absolute Gasteiger partial charge is 0.0622 e. The van der Waals surface area contributed by atoms with E-state index in [-0.39, 0.29) is 6.04 Å². The van der Waals surface area contributed by atoms with Crippen LogP contribution in [0, 0.1) is 0 Å². The van der Waals surface area contributed by atoms with E-state index in [1.165, 1.54) is 88.5 Å². The highest BCUT2D eigenvalue weighted by Gasteiger charge is 2.30. The largest absolute Gasteiger partial charge is 0.338 e. The third kappa shape index (κ3) is 4.31. The van der Waals surface area contributed by atoms with Crippen LogP contribution >= 0.6 is 0 Å². The van der Waals surface area contributed by atoms with Crippen LogP contribution in [-0.2, 0) is 6.42 Å². The Balaban J connectivity index is 1.13. The average molecular weight is 656 g/mol. The zero-order valence-electron chi connectivity index (χ0n) is 28.5. The molecule has 0 saturated heterocycles. The molecular formula is C48H37N3. The number of anilines is 1. The van der Waals surface area contributed by atoms with Crippen LogP contribution in [0.5, 0.6) is 0 Å². The van der Waals surface area contributed by atoms with E-state index in [4.69, 9.17) is 0 Å². The van der Waals surface area contributed by atoms with Gasteiger partial charge < -0.3 is 13.9 Å². The molecule has 1 unspecified atom stereocenters. The lowest BCUT2D eigenvalue weighted by Gasteiger charge is -2.37. The third-order valence-electron chi connectivity index (χ3n) is 11.6. The van der Waals surface area contributed by atoms with Crippen LogP contribution in [0.1, 0.15) is 36.9 Å². The second-order valence-corrected chi connectivity index (χ2v) is 14.3. The molecule has 3 aliphatic rings. The normalized spacial score (nSPS) is 17.4. The second kappa shape index (κ2) is 11.2. The molecule has 3 heteroatoms. The lowest BCUT2D eigenvalue weighted by atomic mass is 9.89. The first kappa shape index (κ1) is 28.7. The summed E-state index contributed by atoms with van der Waals surface area (Å²) in [5.74, 6) is 0. The Bertz CT molecular complexity index is 2750. The standard InChI is InChI=1S/C48H37N3/c1-3-13-32(14-4-1)33-23-25-35(26-24-33)49(36-27-28-47-41(29-36)38-17-7-10-20-44(38)50(47)34-15-5-2-6-16-34)37-30-42-39-18-8-11-21-45(39)51-46-22-12-9-19-40(46)43(31-37)48(42)51/h1-3,5-13,15-23,25,27-28,30-31,36H,4,14,24,26,29H2. The van der Waals surface area contributed by atoms with Crippen LogP contribution in [0.25, 0.3) is 60.8 Å². The first-order valence-electron chi connectivity index (χ1n) is 18.4. The number of fused-ring (bicyclic) bond motifs is 9. The molecule has 3 aromatic heterocycles. The number of nitrogens with zero attached hydrogens (tertiary/aromatic N) is 3. The SMILES string of the molecule is C1=CCCC(C2=CC=C(N(c3cc4c5ccccc5n5c6ccccc6c(c3)c45)C3C=Cc4c(c5ccccc5n4-c4ccccc4)C3)CC2)=C1. The molecular weight excluding hydrogens is 619 g/mol. The summed E-state index contributed by atoms with van der Waals surface area (Å²) in [5, 5.41) is 6.62. The van der Waals surface area contributed by atoms with Crippen molar-refractivity contribution < 1.29 is 0 Å². The van der Waals surface area contributed by atoms with Gasteiger partial charge in [-0.25, -0.2) is 0 Å². The first-order chi connectivity index (χ1) is 25.3. The molecule has 0 N–H and O–H groups in total. The zero-order valence-corrected chi connectivity index (χ0v) is 28.5. The fourth-order valence-corrected chi connectivity index (χ4v) is 9.34. The Kier molecular flexibility index (Phi) is 6.33. The molecule has 3 heterocycles. The van der Waals surface area contributed by atoms with Gasteiger partial charge in [-0.3, -0.25) is 0 Å². The van der Waals surface area contributed by atoms with Gasteiger partial charge in [0, 0.05) is 49.7 Å². The van der Waals surface area contributed by atoms with E-state index in [1.54, 1.807) is 0 Å². The van der Waals surface area contributed by atoms with Gasteiger partial charge in [-0.15, -0.1) is 0 Å². The summed E-state index contributed by atoms with van der Waals surface area (Å²) in [6, 6.07) is 42.7. The fourth-order valence-electron chi connectivity index (χ4n) is 9.34. The van der Waals surface area contributed by atoms with Crippen LogP contribution in [0.4, 0.5) is 5.69 Å². The van der Waals surface area contributed by atoms with Crippen molar-refractivity contribution in [2.75, 3.05) is 4.90 Å². The topological polar surface area (TPSA) is 12.6 Å². The number of benzene rings is 5. The Morgan fingerprint density at radius 2 is 1.25 bits per heavy atom. The molecule has 11 rings (SSSR count). The van der Waals surface area contributed by atoms with E-state index < -0.39 is 0 Å². The van der Waals surface area contributed by atoms with Crippen LogP contribution < -0.4 is 4.90 Å². The Hall–Kier alpha value is -6.06. The van der Waals surface area contributed by atoms with Gasteiger partial charge in [0.1, 0.15) is 0 Å². The number of hydrogen-bond acceptors (Lipinski definition) is 1. The molecule has 0 fully saturated rings. The van der Waals surface area contributed by atoms with Crippen LogP contribution in [0.15, 0.2) is 169 Å². The van der Waals surface area contributed by atoms with E-state index >= 15 is 0 Å². The van der Waals surface area contributed by atoms with Gasteiger partial charge in [0.05, 0.1) is 28.1 Å². The van der Waals surface area contributed by atoms with E-state index in [9.17, 15) is 0 Å². The maximum absolute atomic E-state index is 2.68. The molecule has 8 aromatic rings. The van der Waals surface area contributed by atoms with Gasteiger partial charge in [-0.2, -0.15) is 0 Å². The van der Waals surface area contributed by atoms with E-state index in [0.29, 0.717) is 0 Å². The maximum atomic E-state index is 2.68. The average Bonchev–Trinajstić information content (AvgIpc) is 3.84. The highest BCUT2D eigenvalue weighted by Crippen LogP contribution is 2.44. The first-order valence-corrected chi connectivity index (χ1v) is 18.4. The van der Waals surface area contributed by atoms with Crippen molar-refractivity contribution in [3.63, 3.8) is 0 Å². The predicted octanol–water partition coefficient (Wildman–Crippen LogP) is 12.1. The molecule has 3 nitrogen and oxygen atoms in total. The second-order valence-electron chi connectivity index (χ2n) is 14.3. The van der Waals surface area contributed by atoms with Crippen LogP contribution in [0.2, 0.25) is 0 Å². The lowest BCUT2D eigenvalue weighted by Crippen LogP contribution is -2.36. The molecule has 0 aliphatic heterocycles. The minimum atomic E-state index is 0.167. The Morgan fingerprint density at radius 3 is 1.94 bits per heavy atom. The summed E-state index contributed by atoms with van der Waals surface area (Å²) >= 11 is 0.